The van der Waals surface area contributed by atoms with Crippen LogP contribution < -0.4 is 20.8 Å². The predicted molar refractivity (Wildman–Crippen MR) is 313 cm³/mol. The van der Waals surface area contributed by atoms with Crippen molar-refractivity contribution in [2.24, 2.45) is 0 Å². The van der Waals surface area contributed by atoms with Gasteiger partial charge in [0.05, 0.1) is 5.69 Å². The molecule has 0 bridgehead atoms. The lowest BCUT2D eigenvalue weighted by molar-refractivity contribution is 0.331. The van der Waals surface area contributed by atoms with Gasteiger partial charge in [0.2, 0.25) is 0 Å². The zero-order valence-electron chi connectivity index (χ0n) is 45.1. The fourth-order valence-electron chi connectivity index (χ4n) is 13.6. The van der Waals surface area contributed by atoms with E-state index in [9.17, 15) is 0 Å². The number of hydrogen-bond donors (Lipinski definition) is 0. The lowest BCUT2D eigenvalue weighted by Gasteiger charge is -2.44. The summed E-state index contributed by atoms with van der Waals surface area (Å²) in [4.78, 5) is 5.14. The monoisotopic (exact) mass is 965 g/mol. The largest absolute Gasteiger partial charge is 0.466 e. The number of fused-ring (bicyclic) bond motifs is 14. The van der Waals surface area contributed by atoms with Crippen LogP contribution in [0.15, 0.2) is 160 Å². The van der Waals surface area contributed by atoms with Crippen LogP contribution in [0.1, 0.15) is 129 Å². The zero-order chi connectivity index (χ0) is 51.2. The van der Waals surface area contributed by atoms with Gasteiger partial charge in [-0.1, -0.05) is 168 Å². The first kappa shape index (κ1) is 45.4. The van der Waals surface area contributed by atoms with Crippen LogP contribution in [-0.2, 0) is 27.1 Å². The van der Waals surface area contributed by atoms with Gasteiger partial charge in [-0.3, -0.25) is 0 Å². The Labute approximate surface area is 437 Å². The molecule has 0 amide bonds. The molecule has 0 N–H and O–H groups in total. The van der Waals surface area contributed by atoms with Crippen molar-refractivity contribution in [3.8, 4) is 33.4 Å². The maximum Gasteiger partial charge on any atom is 0.376 e. The summed E-state index contributed by atoms with van der Waals surface area (Å²) < 4.78 is 14.8. The van der Waals surface area contributed by atoms with Gasteiger partial charge in [0.25, 0.3) is 0 Å². The molecule has 0 radical (unpaired) electrons. The highest BCUT2D eigenvalue weighted by atomic mass is 16.3. The third-order valence-electron chi connectivity index (χ3n) is 18.0. The van der Waals surface area contributed by atoms with E-state index >= 15 is 0 Å². The van der Waals surface area contributed by atoms with E-state index in [4.69, 9.17) is 8.83 Å². The minimum absolute atomic E-state index is 0.0111. The van der Waals surface area contributed by atoms with E-state index in [-0.39, 0.29) is 33.9 Å². The van der Waals surface area contributed by atoms with Crippen molar-refractivity contribution in [2.45, 2.75) is 123 Å². The topological polar surface area (TPSA) is 32.8 Å². The molecule has 4 heterocycles. The molecule has 14 rings (SSSR count). The Kier molecular flexibility index (Phi) is 9.18. The SMILES string of the molecule is CC(C)(C)c1ccc(N2B3c4oc5ccc(-c6ccccc6)cc5c4N(c4ccc(C(C)(C)C)cc4)c4cc5c(oc6ccccc65)c(c43)-c3cc4c(cc32)C(C)(C)c2cc3c(cc2-4)C(C)(C)CCC3(C)C)cc1. The van der Waals surface area contributed by atoms with Crippen molar-refractivity contribution in [1.82, 2.24) is 0 Å². The standard InChI is InChI=1S/C69H65BN2O2/c1-65(2,3)42-23-27-44(28-24-42)71-57-37-49-46-20-16-17-21-58(46)73-63(49)60-50-35-47-48-36-54-55(68(9,10)33-32-67(54,7)8)38-52(48)69(11,12)53(47)39-56(50)72(45-29-25-43(26-30-45)66(4,5)6)70(61(57)60)64-62(71)51-34-41(22-31-59(51)74-64)40-18-14-13-15-19-40/h13-31,34-39H,32-33H2,1-12H3. The molecule has 2 aromatic heterocycles. The van der Waals surface area contributed by atoms with E-state index in [1.165, 1.54) is 73.9 Å². The zero-order valence-corrected chi connectivity index (χ0v) is 45.1. The predicted octanol–water partition coefficient (Wildman–Crippen LogP) is 18.0. The summed E-state index contributed by atoms with van der Waals surface area (Å²) in [7, 11) is 0. The van der Waals surface area contributed by atoms with Crippen LogP contribution in [0.25, 0.3) is 66.3 Å². The first-order valence-corrected chi connectivity index (χ1v) is 27.0. The van der Waals surface area contributed by atoms with E-state index in [0.717, 1.165) is 78.1 Å². The summed E-state index contributed by atoms with van der Waals surface area (Å²) in [5.74, 6) is 0. The molecular weight excluding hydrogens is 900 g/mol. The van der Waals surface area contributed by atoms with Crippen molar-refractivity contribution in [3.63, 3.8) is 0 Å². The van der Waals surface area contributed by atoms with Crippen LogP contribution in [0, 0.1) is 0 Å². The van der Waals surface area contributed by atoms with Crippen LogP contribution in [0.2, 0.25) is 0 Å². The van der Waals surface area contributed by atoms with Gasteiger partial charge in [-0.15, -0.1) is 0 Å². The second-order valence-corrected chi connectivity index (χ2v) is 26.0. The third kappa shape index (κ3) is 6.34. The summed E-state index contributed by atoms with van der Waals surface area (Å²) in [5, 5.41) is 3.31. The highest BCUT2D eigenvalue weighted by Crippen LogP contribution is 2.59. The molecule has 8 aromatic carbocycles. The molecule has 10 aromatic rings. The van der Waals surface area contributed by atoms with Crippen LogP contribution in [0.5, 0.6) is 0 Å². The number of anilines is 5. The molecule has 2 aliphatic heterocycles. The Morgan fingerprint density at radius 1 is 0.473 bits per heavy atom. The highest BCUT2D eigenvalue weighted by molar-refractivity contribution is 6.93. The van der Waals surface area contributed by atoms with Crippen molar-refractivity contribution < 1.29 is 8.83 Å². The molecule has 366 valence electrons. The minimum Gasteiger partial charge on any atom is -0.466 e. The Bertz CT molecular complexity index is 4000. The van der Waals surface area contributed by atoms with Crippen molar-refractivity contribution in [1.29, 1.82) is 0 Å². The Balaban J connectivity index is 1.13. The van der Waals surface area contributed by atoms with Crippen molar-refractivity contribution in [2.75, 3.05) is 9.71 Å². The van der Waals surface area contributed by atoms with Gasteiger partial charge in [-0.25, -0.2) is 0 Å². The van der Waals surface area contributed by atoms with Gasteiger partial charge in [0.1, 0.15) is 22.4 Å². The van der Waals surface area contributed by atoms with Crippen LogP contribution in [0.3, 0.4) is 0 Å². The first-order chi connectivity index (χ1) is 35.2. The maximum atomic E-state index is 7.54. The summed E-state index contributed by atoms with van der Waals surface area (Å²) in [5.41, 5.74) is 25.9. The van der Waals surface area contributed by atoms with Crippen LogP contribution >= 0.6 is 0 Å². The molecule has 0 fully saturated rings. The van der Waals surface area contributed by atoms with Gasteiger partial charge >= 0.3 is 6.85 Å². The molecule has 0 atom stereocenters. The highest BCUT2D eigenvalue weighted by Gasteiger charge is 2.51. The molecule has 0 spiro atoms. The maximum absolute atomic E-state index is 7.54. The second kappa shape index (κ2) is 15.0. The Morgan fingerprint density at radius 2 is 1.07 bits per heavy atom. The summed E-state index contributed by atoms with van der Waals surface area (Å²) in [6, 6.07) is 57.6. The van der Waals surface area contributed by atoms with E-state index in [1.54, 1.807) is 0 Å². The average Bonchev–Trinajstić information content (AvgIpc) is 4.02. The molecule has 4 aliphatic rings. The Hall–Kier alpha value is -7.24. The summed E-state index contributed by atoms with van der Waals surface area (Å²) >= 11 is 0. The fourth-order valence-corrected chi connectivity index (χ4v) is 13.6. The number of nitrogens with zero attached hydrogens (tertiary/aromatic N) is 2. The van der Waals surface area contributed by atoms with Crippen molar-refractivity contribution in [3.05, 3.63) is 185 Å². The number of benzene rings is 8. The summed E-state index contributed by atoms with van der Waals surface area (Å²) in [6.45, 7) is 28.2. The molecule has 0 unspecified atom stereocenters. The molecular formula is C69H65BN2O2. The van der Waals surface area contributed by atoms with Crippen molar-refractivity contribution >= 4 is 79.3 Å². The Morgan fingerprint density at radius 3 is 1.74 bits per heavy atom. The molecule has 2 aliphatic carbocycles. The van der Waals surface area contributed by atoms with E-state index < -0.39 is 0 Å². The second-order valence-electron chi connectivity index (χ2n) is 26.0. The van der Waals surface area contributed by atoms with Crippen LogP contribution in [0.4, 0.5) is 28.4 Å². The molecule has 0 saturated carbocycles. The molecule has 74 heavy (non-hydrogen) atoms. The lowest BCUT2D eigenvalue weighted by Crippen LogP contribution is -2.61. The van der Waals surface area contributed by atoms with Gasteiger partial charge < -0.3 is 18.5 Å². The van der Waals surface area contributed by atoms with Crippen LogP contribution in [-0.4, -0.2) is 6.85 Å². The van der Waals surface area contributed by atoms with E-state index in [1.807, 2.05) is 0 Å². The normalized spacial score (nSPS) is 16.8. The summed E-state index contributed by atoms with van der Waals surface area (Å²) in [6.07, 6.45) is 2.35. The van der Waals surface area contributed by atoms with Gasteiger partial charge in [0.15, 0.2) is 0 Å². The number of rotatable bonds is 3. The average molecular weight is 965 g/mol. The molecule has 4 nitrogen and oxygen atoms in total. The first-order valence-electron chi connectivity index (χ1n) is 27.0. The van der Waals surface area contributed by atoms with Gasteiger partial charge in [-0.2, -0.15) is 0 Å². The molecule has 5 heteroatoms. The van der Waals surface area contributed by atoms with E-state index in [0.29, 0.717) is 0 Å². The third-order valence-corrected chi connectivity index (χ3v) is 18.0. The quantitative estimate of drug-likeness (QED) is 0.165. The minimum atomic E-state index is -0.350. The van der Waals surface area contributed by atoms with Gasteiger partial charge in [0, 0.05) is 55.5 Å². The van der Waals surface area contributed by atoms with Gasteiger partial charge in [-0.05, 0) is 162 Å². The molecule has 0 saturated heterocycles. The number of para-hydroxylation sites is 1. The smallest absolute Gasteiger partial charge is 0.376 e. The lowest BCUT2D eigenvalue weighted by atomic mass is 9.45. The number of hydrogen-bond acceptors (Lipinski definition) is 4. The fraction of sp³-hybridized carbons (Fsp3) is 0.275. The van der Waals surface area contributed by atoms with E-state index in [2.05, 4.69) is 244 Å². The number of furan rings is 2.